The highest BCUT2D eigenvalue weighted by Crippen LogP contribution is 2.24. The molecule has 142 valence electrons. The number of anilines is 1. The van der Waals surface area contributed by atoms with Crippen LogP contribution in [0.1, 0.15) is 5.56 Å². The zero-order chi connectivity index (χ0) is 19.2. The zero-order valence-corrected chi connectivity index (χ0v) is 16.0. The predicted octanol–water partition coefficient (Wildman–Crippen LogP) is 2.22. The van der Waals surface area contributed by atoms with Crippen molar-refractivity contribution in [2.24, 2.45) is 0 Å². The molecule has 3 rings (SSSR count). The van der Waals surface area contributed by atoms with E-state index < -0.39 is 5.97 Å². The minimum atomic E-state index is -0.547. The van der Waals surface area contributed by atoms with Crippen LogP contribution in [0.15, 0.2) is 36.7 Å². The van der Waals surface area contributed by atoms with Crippen molar-refractivity contribution in [3.63, 3.8) is 0 Å². The highest BCUT2D eigenvalue weighted by Gasteiger charge is 2.23. The minimum Gasteiger partial charge on any atom is -0.455 e. The van der Waals surface area contributed by atoms with E-state index in [1.54, 1.807) is 41.6 Å². The van der Waals surface area contributed by atoms with Crippen LogP contribution in [0, 0.1) is 0 Å². The van der Waals surface area contributed by atoms with Gasteiger partial charge in [-0.25, -0.2) is 9.97 Å². The molecule has 0 saturated carbocycles. The van der Waals surface area contributed by atoms with Gasteiger partial charge in [-0.2, -0.15) is 0 Å². The van der Waals surface area contributed by atoms with E-state index in [-0.39, 0.29) is 18.9 Å². The molecule has 1 aliphatic heterocycles. The molecule has 0 bridgehead atoms. The van der Waals surface area contributed by atoms with Gasteiger partial charge in [0.2, 0.25) is 5.95 Å². The standard InChI is InChI=1S/C18H18Cl2N4O3/c19-14-3-1-4-15(20)13(14)11-17(26)27-12-16(25)23-7-9-24(10-8-23)18-21-5-2-6-22-18/h1-6H,7-12H2. The Labute approximate surface area is 166 Å². The lowest BCUT2D eigenvalue weighted by Crippen LogP contribution is -2.50. The van der Waals surface area contributed by atoms with Crippen LogP contribution in [0.5, 0.6) is 0 Å². The number of carbonyl (C=O) groups is 2. The number of hydrogen-bond donors (Lipinski definition) is 0. The molecule has 9 heteroatoms. The molecule has 0 N–H and O–H groups in total. The van der Waals surface area contributed by atoms with Crippen LogP contribution in [-0.2, 0) is 20.7 Å². The van der Waals surface area contributed by atoms with Gasteiger partial charge in [-0.1, -0.05) is 29.3 Å². The Hall–Kier alpha value is -2.38. The molecule has 0 aliphatic carbocycles. The SMILES string of the molecule is O=C(Cc1c(Cl)cccc1Cl)OCC(=O)N1CCN(c2ncccn2)CC1. The molecule has 1 aromatic heterocycles. The van der Waals surface area contributed by atoms with Crippen LogP contribution in [0.2, 0.25) is 10.0 Å². The van der Waals surface area contributed by atoms with Crippen LogP contribution in [0.25, 0.3) is 0 Å². The monoisotopic (exact) mass is 408 g/mol. The average molecular weight is 409 g/mol. The van der Waals surface area contributed by atoms with Gasteiger partial charge in [-0.15, -0.1) is 0 Å². The van der Waals surface area contributed by atoms with Crippen molar-refractivity contribution in [3.8, 4) is 0 Å². The van der Waals surface area contributed by atoms with Gasteiger partial charge in [0.05, 0.1) is 6.42 Å². The van der Waals surface area contributed by atoms with Crippen LogP contribution in [-0.4, -0.2) is 59.5 Å². The first-order valence-electron chi connectivity index (χ1n) is 8.43. The van der Waals surface area contributed by atoms with Gasteiger partial charge in [0.15, 0.2) is 6.61 Å². The summed E-state index contributed by atoms with van der Waals surface area (Å²) in [6.07, 6.45) is 3.29. The molecule has 1 aromatic carbocycles. The number of amides is 1. The molecule has 0 atom stereocenters. The third-order valence-electron chi connectivity index (χ3n) is 4.21. The number of nitrogens with zero attached hydrogens (tertiary/aromatic N) is 4. The molecule has 0 radical (unpaired) electrons. The van der Waals surface area contributed by atoms with Crippen LogP contribution < -0.4 is 4.90 Å². The van der Waals surface area contributed by atoms with Crippen molar-refractivity contribution in [2.75, 3.05) is 37.7 Å². The van der Waals surface area contributed by atoms with Crippen molar-refractivity contribution < 1.29 is 14.3 Å². The highest BCUT2D eigenvalue weighted by molar-refractivity contribution is 6.36. The summed E-state index contributed by atoms with van der Waals surface area (Å²) in [4.78, 5) is 36.4. The Balaban J connectivity index is 1.45. The number of rotatable bonds is 5. The third-order valence-corrected chi connectivity index (χ3v) is 4.92. The quantitative estimate of drug-likeness (QED) is 0.705. The molecule has 1 saturated heterocycles. The van der Waals surface area contributed by atoms with Crippen LogP contribution in [0.3, 0.4) is 0 Å². The lowest BCUT2D eigenvalue weighted by Gasteiger charge is -2.34. The number of benzene rings is 1. The van der Waals surface area contributed by atoms with E-state index in [1.165, 1.54) is 0 Å². The number of esters is 1. The number of carbonyl (C=O) groups excluding carboxylic acids is 2. The summed E-state index contributed by atoms with van der Waals surface area (Å²) in [5, 5.41) is 0.787. The van der Waals surface area contributed by atoms with E-state index in [4.69, 9.17) is 27.9 Å². The molecular formula is C18H18Cl2N4O3. The molecule has 0 unspecified atom stereocenters. The molecule has 1 fully saturated rings. The summed E-state index contributed by atoms with van der Waals surface area (Å²) >= 11 is 12.1. The molecule has 0 spiro atoms. The second-order valence-electron chi connectivity index (χ2n) is 5.95. The van der Waals surface area contributed by atoms with Crippen molar-refractivity contribution >= 4 is 41.0 Å². The van der Waals surface area contributed by atoms with E-state index >= 15 is 0 Å². The van der Waals surface area contributed by atoms with Gasteiger partial charge in [-0.3, -0.25) is 9.59 Å². The van der Waals surface area contributed by atoms with E-state index in [2.05, 4.69) is 9.97 Å². The molecule has 27 heavy (non-hydrogen) atoms. The summed E-state index contributed by atoms with van der Waals surface area (Å²) in [5.74, 6) is -0.135. The smallest absolute Gasteiger partial charge is 0.310 e. The first kappa shape index (κ1) is 19.4. The van der Waals surface area contributed by atoms with Gasteiger partial charge in [0.25, 0.3) is 5.91 Å². The van der Waals surface area contributed by atoms with Gasteiger partial charge in [0.1, 0.15) is 0 Å². The fourth-order valence-electron chi connectivity index (χ4n) is 2.74. The van der Waals surface area contributed by atoms with Crippen molar-refractivity contribution in [2.45, 2.75) is 6.42 Å². The first-order chi connectivity index (χ1) is 13.0. The summed E-state index contributed by atoms with van der Waals surface area (Å²) in [6.45, 7) is 1.98. The number of hydrogen-bond acceptors (Lipinski definition) is 6. The molecular weight excluding hydrogens is 391 g/mol. The summed E-state index contributed by atoms with van der Waals surface area (Å²) in [5.41, 5.74) is 0.495. The average Bonchev–Trinajstić information content (AvgIpc) is 2.70. The number of piperazine rings is 1. The fraction of sp³-hybridized carbons (Fsp3) is 0.333. The summed E-state index contributed by atoms with van der Waals surface area (Å²) in [7, 11) is 0. The largest absolute Gasteiger partial charge is 0.455 e. The Morgan fingerprint density at radius 1 is 1.00 bits per heavy atom. The van der Waals surface area contributed by atoms with E-state index in [1.807, 2.05) is 4.90 Å². The fourth-order valence-corrected chi connectivity index (χ4v) is 3.27. The zero-order valence-electron chi connectivity index (χ0n) is 14.5. The van der Waals surface area contributed by atoms with Gasteiger partial charge >= 0.3 is 5.97 Å². The summed E-state index contributed by atoms with van der Waals surface area (Å²) < 4.78 is 5.10. The van der Waals surface area contributed by atoms with E-state index in [0.29, 0.717) is 47.7 Å². The van der Waals surface area contributed by atoms with Crippen LogP contribution >= 0.6 is 23.2 Å². The lowest BCUT2D eigenvalue weighted by atomic mass is 10.1. The van der Waals surface area contributed by atoms with Gasteiger partial charge in [0, 0.05) is 54.2 Å². The lowest BCUT2D eigenvalue weighted by molar-refractivity contribution is -0.151. The Morgan fingerprint density at radius 3 is 2.26 bits per heavy atom. The first-order valence-corrected chi connectivity index (χ1v) is 9.18. The predicted molar refractivity (Wildman–Crippen MR) is 102 cm³/mol. The second kappa shape index (κ2) is 9.01. The Kier molecular flexibility index (Phi) is 6.47. The normalized spacial score (nSPS) is 14.1. The third kappa shape index (κ3) is 5.08. The van der Waals surface area contributed by atoms with Crippen LogP contribution in [0.4, 0.5) is 5.95 Å². The van der Waals surface area contributed by atoms with E-state index in [9.17, 15) is 9.59 Å². The van der Waals surface area contributed by atoms with E-state index in [0.717, 1.165) is 0 Å². The van der Waals surface area contributed by atoms with Crippen molar-refractivity contribution in [3.05, 3.63) is 52.3 Å². The Bertz CT molecular complexity index is 791. The van der Waals surface area contributed by atoms with Gasteiger partial charge < -0.3 is 14.5 Å². The number of ether oxygens (including phenoxy) is 1. The summed E-state index contributed by atoms with van der Waals surface area (Å²) in [6, 6.07) is 6.75. The molecule has 2 aromatic rings. The minimum absolute atomic E-state index is 0.0785. The number of aromatic nitrogens is 2. The maximum absolute atomic E-state index is 12.3. The topological polar surface area (TPSA) is 75.6 Å². The Morgan fingerprint density at radius 2 is 1.63 bits per heavy atom. The molecule has 2 heterocycles. The maximum atomic E-state index is 12.3. The second-order valence-corrected chi connectivity index (χ2v) is 6.77. The maximum Gasteiger partial charge on any atom is 0.310 e. The molecule has 1 aliphatic rings. The van der Waals surface area contributed by atoms with Gasteiger partial charge in [-0.05, 0) is 18.2 Å². The van der Waals surface area contributed by atoms with Crippen molar-refractivity contribution in [1.29, 1.82) is 0 Å². The number of halogens is 2. The van der Waals surface area contributed by atoms with Crippen molar-refractivity contribution in [1.82, 2.24) is 14.9 Å². The molecule has 7 nitrogen and oxygen atoms in total. The molecule has 1 amide bonds. The highest BCUT2D eigenvalue weighted by atomic mass is 35.5.